The maximum absolute atomic E-state index is 11.8. The summed E-state index contributed by atoms with van der Waals surface area (Å²) in [5, 5.41) is 2.87. The largest absolute Gasteiger partial charge is 0.493 e. The fourth-order valence-corrected chi connectivity index (χ4v) is 1.50. The van der Waals surface area contributed by atoms with Gasteiger partial charge in [0.25, 0.3) is 5.91 Å². The molecule has 0 aliphatic heterocycles. The third kappa shape index (κ3) is 6.09. The maximum Gasteiger partial charge on any atom is 0.251 e. The maximum atomic E-state index is 11.8. The highest BCUT2D eigenvalue weighted by atomic mass is 16.5. The number of hydrogen-bond acceptors (Lipinski definition) is 2. The lowest BCUT2D eigenvalue weighted by Crippen LogP contribution is -2.23. The first-order valence-corrected chi connectivity index (χ1v) is 6.75. The van der Waals surface area contributed by atoms with Crippen LogP contribution in [-0.2, 0) is 0 Å². The average Bonchev–Trinajstić information content (AvgIpc) is 2.41. The Morgan fingerprint density at radius 1 is 1.32 bits per heavy atom. The van der Waals surface area contributed by atoms with Crippen LogP contribution in [0.25, 0.3) is 0 Å². The summed E-state index contributed by atoms with van der Waals surface area (Å²) in [5.41, 5.74) is 0.664. The van der Waals surface area contributed by atoms with E-state index in [9.17, 15) is 4.79 Å². The van der Waals surface area contributed by atoms with Gasteiger partial charge >= 0.3 is 0 Å². The van der Waals surface area contributed by atoms with Crippen LogP contribution in [0.4, 0.5) is 0 Å². The highest BCUT2D eigenvalue weighted by molar-refractivity contribution is 5.94. The highest BCUT2D eigenvalue weighted by Crippen LogP contribution is 2.13. The van der Waals surface area contributed by atoms with Crippen LogP contribution < -0.4 is 10.1 Å². The number of benzene rings is 1. The van der Waals surface area contributed by atoms with Gasteiger partial charge in [0.05, 0.1) is 6.61 Å². The molecular formula is C16H23NO2. The van der Waals surface area contributed by atoms with E-state index in [1.54, 1.807) is 12.1 Å². The first-order valence-electron chi connectivity index (χ1n) is 6.75. The van der Waals surface area contributed by atoms with Crippen molar-refractivity contribution in [2.75, 3.05) is 13.2 Å². The second kappa shape index (κ2) is 8.35. The molecule has 3 nitrogen and oxygen atoms in total. The van der Waals surface area contributed by atoms with Crippen molar-refractivity contribution in [3.05, 3.63) is 42.0 Å². The summed E-state index contributed by atoms with van der Waals surface area (Å²) in [5.74, 6) is 1.26. The van der Waals surface area contributed by atoms with E-state index >= 15 is 0 Å². The van der Waals surface area contributed by atoms with Crippen LogP contribution in [0.1, 0.15) is 37.6 Å². The molecule has 19 heavy (non-hydrogen) atoms. The van der Waals surface area contributed by atoms with Crippen LogP contribution in [-0.4, -0.2) is 19.1 Å². The van der Waals surface area contributed by atoms with Crippen molar-refractivity contribution < 1.29 is 9.53 Å². The van der Waals surface area contributed by atoms with Crippen LogP contribution in [0, 0.1) is 5.92 Å². The predicted octanol–water partition coefficient (Wildman–Crippen LogP) is 3.42. The van der Waals surface area contributed by atoms with Crippen LogP contribution in [0.2, 0.25) is 0 Å². The number of carbonyl (C=O) groups is 1. The normalized spacial score (nSPS) is 10.9. The van der Waals surface area contributed by atoms with E-state index in [1.165, 1.54) is 0 Å². The lowest BCUT2D eigenvalue weighted by atomic mass is 10.2. The van der Waals surface area contributed by atoms with Crippen LogP contribution in [0.3, 0.4) is 0 Å². The van der Waals surface area contributed by atoms with Gasteiger partial charge in [0, 0.05) is 12.1 Å². The minimum atomic E-state index is -0.0417. The molecule has 0 aliphatic carbocycles. The minimum absolute atomic E-state index is 0.0417. The molecule has 0 radical (unpaired) electrons. The van der Waals surface area contributed by atoms with E-state index < -0.39 is 0 Å². The molecular weight excluding hydrogens is 238 g/mol. The second-order valence-electron chi connectivity index (χ2n) is 4.84. The summed E-state index contributed by atoms with van der Waals surface area (Å²) in [6.45, 7) is 7.53. The van der Waals surface area contributed by atoms with Gasteiger partial charge in [-0.25, -0.2) is 0 Å². The summed E-state index contributed by atoms with van der Waals surface area (Å²) in [6.07, 6.45) is 4.87. The lowest BCUT2D eigenvalue weighted by Gasteiger charge is -2.09. The molecule has 3 heteroatoms. The Labute approximate surface area is 115 Å². The molecule has 1 aromatic rings. The Hall–Kier alpha value is -1.77. The molecule has 1 aromatic carbocycles. The van der Waals surface area contributed by atoms with Gasteiger partial charge in [-0.3, -0.25) is 4.79 Å². The summed E-state index contributed by atoms with van der Waals surface area (Å²) in [4.78, 5) is 11.8. The zero-order valence-corrected chi connectivity index (χ0v) is 12.0. The summed E-state index contributed by atoms with van der Waals surface area (Å²) < 4.78 is 5.57. The van der Waals surface area contributed by atoms with Crippen molar-refractivity contribution in [2.24, 2.45) is 5.92 Å². The van der Waals surface area contributed by atoms with Gasteiger partial charge in [0.2, 0.25) is 0 Å². The highest BCUT2D eigenvalue weighted by Gasteiger charge is 2.04. The van der Waals surface area contributed by atoms with Gasteiger partial charge in [0.15, 0.2) is 0 Å². The molecule has 0 heterocycles. The number of hydrogen-bond donors (Lipinski definition) is 1. The van der Waals surface area contributed by atoms with E-state index in [-0.39, 0.29) is 5.91 Å². The predicted molar refractivity (Wildman–Crippen MR) is 78.5 cm³/mol. The number of nitrogens with one attached hydrogen (secondary N) is 1. The molecule has 0 aliphatic rings. The topological polar surface area (TPSA) is 38.3 Å². The fraction of sp³-hybridized carbons (Fsp3) is 0.438. The number of rotatable bonds is 7. The van der Waals surface area contributed by atoms with Gasteiger partial charge in [-0.15, -0.1) is 0 Å². The molecule has 104 valence electrons. The SMILES string of the molecule is C/C=C/CCNC(=O)c1ccc(OCC(C)C)cc1. The van der Waals surface area contributed by atoms with Crippen molar-refractivity contribution >= 4 is 5.91 Å². The van der Waals surface area contributed by atoms with Gasteiger partial charge in [-0.05, 0) is 43.5 Å². The molecule has 0 saturated carbocycles. The van der Waals surface area contributed by atoms with Crippen LogP contribution in [0.15, 0.2) is 36.4 Å². The van der Waals surface area contributed by atoms with E-state index in [0.29, 0.717) is 24.6 Å². The van der Waals surface area contributed by atoms with Crippen molar-refractivity contribution in [3.63, 3.8) is 0 Å². The molecule has 0 saturated heterocycles. The number of ether oxygens (including phenoxy) is 1. The minimum Gasteiger partial charge on any atom is -0.493 e. The summed E-state index contributed by atoms with van der Waals surface area (Å²) >= 11 is 0. The summed E-state index contributed by atoms with van der Waals surface area (Å²) in [7, 11) is 0. The standard InChI is InChI=1S/C16H23NO2/c1-4-5-6-11-17-16(18)14-7-9-15(10-8-14)19-12-13(2)3/h4-5,7-10,13H,6,11-12H2,1-3H3,(H,17,18)/b5-4+. The van der Waals surface area contributed by atoms with Gasteiger partial charge in [-0.1, -0.05) is 26.0 Å². The third-order valence-corrected chi connectivity index (χ3v) is 2.53. The fourth-order valence-electron chi connectivity index (χ4n) is 1.50. The van der Waals surface area contributed by atoms with E-state index in [1.807, 2.05) is 31.2 Å². The third-order valence-electron chi connectivity index (χ3n) is 2.53. The Balaban J connectivity index is 2.44. The van der Waals surface area contributed by atoms with Crippen LogP contribution >= 0.6 is 0 Å². The van der Waals surface area contributed by atoms with Crippen molar-refractivity contribution in [1.82, 2.24) is 5.32 Å². The molecule has 0 atom stereocenters. The van der Waals surface area contributed by atoms with Gasteiger partial charge < -0.3 is 10.1 Å². The molecule has 1 N–H and O–H groups in total. The van der Waals surface area contributed by atoms with Gasteiger partial charge in [-0.2, -0.15) is 0 Å². The second-order valence-corrected chi connectivity index (χ2v) is 4.84. The number of allylic oxidation sites excluding steroid dienone is 1. The zero-order chi connectivity index (χ0) is 14.1. The molecule has 0 bridgehead atoms. The summed E-state index contributed by atoms with van der Waals surface area (Å²) in [6, 6.07) is 7.26. The Bertz CT molecular complexity index is 407. The zero-order valence-electron chi connectivity index (χ0n) is 12.0. The van der Waals surface area contributed by atoms with E-state index in [2.05, 4.69) is 19.2 Å². The van der Waals surface area contributed by atoms with Crippen molar-refractivity contribution in [3.8, 4) is 5.75 Å². The Morgan fingerprint density at radius 2 is 2.00 bits per heavy atom. The van der Waals surface area contributed by atoms with Crippen molar-refractivity contribution in [1.29, 1.82) is 0 Å². The molecule has 1 rings (SSSR count). The number of amides is 1. The molecule has 0 unspecified atom stereocenters. The quantitative estimate of drug-likeness (QED) is 0.603. The monoisotopic (exact) mass is 261 g/mol. The van der Waals surface area contributed by atoms with E-state index in [0.717, 1.165) is 12.2 Å². The first-order chi connectivity index (χ1) is 9.13. The average molecular weight is 261 g/mol. The van der Waals surface area contributed by atoms with Gasteiger partial charge in [0.1, 0.15) is 5.75 Å². The molecule has 0 fully saturated rings. The van der Waals surface area contributed by atoms with Crippen molar-refractivity contribution in [2.45, 2.75) is 27.2 Å². The first kappa shape index (κ1) is 15.3. The molecule has 0 spiro atoms. The van der Waals surface area contributed by atoms with E-state index in [4.69, 9.17) is 4.74 Å². The molecule has 0 aromatic heterocycles. The molecule has 1 amide bonds. The number of carbonyl (C=O) groups excluding carboxylic acids is 1. The lowest BCUT2D eigenvalue weighted by molar-refractivity contribution is 0.0954. The Morgan fingerprint density at radius 3 is 2.58 bits per heavy atom. The smallest absolute Gasteiger partial charge is 0.251 e. The Kier molecular flexibility index (Phi) is 6.72. The van der Waals surface area contributed by atoms with Crippen LogP contribution in [0.5, 0.6) is 5.75 Å².